The van der Waals surface area contributed by atoms with Gasteiger partial charge in [-0.3, -0.25) is 0 Å². The average Bonchev–Trinajstić information content (AvgIpc) is 2.51. The quantitative estimate of drug-likeness (QED) is 0.743. The first-order chi connectivity index (χ1) is 6.59. The van der Waals surface area contributed by atoms with E-state index in [2.05, 4.69) is 10.2 Å². The molecule has 0 bridgehead atoms. The molecule has 2 heterocycles. The lowest BCUT2D eigenvalue weighted by Gasteiger charge is -2.18. The van der Waals surface area contributed by atoms with Gasteiger partial charge in [-0.25, -0.2) is 13.5 Å². The third kappa shape index (κ3) is 1.74. The molecule has 0 radical (unpaired) electrons. The number of nitrogens with one attached hydrogen (secondary N) is 1. The maximum Gasteiger partial charge on any atom is 0.284 e. The third-order valence-electron chi connectivity index (χ3n) is 2.31. The molecule has 1 unspecified atom stereocenters. The largest absolute Gasteiger partial charge is 0.413 e. The van der Waals surface area contributed by atoms with Crippen LogP contribution in [0.15, 0.2) is 4.42 Å². The number of aromatic nitrogens is 2. The number of aromatic amines is 1. The maximum absolute atomic E-state index is 11.6. The Hall–Kier alpha value is -0.690. The summed E-state index contributed by atoms with van der Waals surface area (Å²) < 4.78 is 28.3. The number of sulfone groups is 1. The van der Waals surface area contributed by atoms with Crippen molar-refractivity contribution in [2.45, 2.75) is 24.5 Å². The summed E-state index contributed by atoms with van der Waals surface area (Å²) >= 11 is 4.70. The van der Waals surface area contributed by atoms with Crippen molar-refractivity contribution in [2.75, 3.05) is 5.75 Å². The second-order valence-electron chi connectivity index (χ2n) is 3.30. The molecule has 1 atom stereocenters. The van der Waals surface area contributed by atoms with E-state index in [4.69, 9.17) is 16.6 Å². The standard InChI is InChI=1S/C7H10N2O3S2/c10-14(11)4-2-1-3-5(14)6-8-9-7(13)12-6/h5H,1-4H2,(H,9,13). The van der Waals surface area contributed by atoms with E-state index in [0.29, 0.717) is 6.42 Å². The molecule has 1 fully saturated rings. The summed E-state index contributed by atoms with van der Waals surface area (Å²) in [6.07, 6.45) is 2.19. The minimum atomic E-state index is -3.09. The van der Waals surface area contributed by atoms with Crippen LogP contribution in [0, 0.1) is 4.84 Å². The Kier molecular flexibility index (Phi) is 2.44. The van der Waals surface area contributed by atoms with Gasteiger partial charge in [0.05, 0.1) is 5.75 Å². The van der Waals surface area contributed by atoms with Crippen molar-refractivity contribution >= 4 is 22.1 Å². The van der Waals surface area contributed by atoms with E-state index in [0.717, 1.165) is 12.8 Å². The van der Waals surface area contributed by atoms with Gasteiger partial charge >= 0.3 is 0 Å². The van der Waals surface area contributed by atoms with Crippen LogP contribution in [-0.4, -0.2) is 24.4 Å². The molecule has 0 spiro atoms. The summed E-state index contributed by atoms with van der Waals surface area (Å²) in [6.45, 7) is 0. The van der Waals surface area contributed by atoms with Crippen LogP contribution in [0.5, 0.6) is 0 Å². The van der Waals surface area contributed by atoms with Gasteiger partial charge in [-0.15, -0.1) is 5.10 Å². The molecule has 1 aromatic rings. The molecular weight excluding hydrogens is 224 g/mol. The number of hydrogen-bond donors (Lipinski definition) is 1. The van der Waals surface area contributed by atoms with Crippen LogP contribution in [0.4, 0.5) is 0 Å². The van der Waals surface area contributed by atoms with Crippen molar-refractivity contribution in [1.29, 1.82) is 0 Å². The molecule has 0 saturated carbocycles. The molecule has 78 valence electrons. The SMILES string of the molecule is O=S1(=O)CCCCC1c1n[nH]c(=S)o1. The van der Waals surface area contributed by atoms with Gasteiger partial charge in [-0.1, -0.05) is 6.42 Å². The van der Waals surface area contributed by atoms with Crippen LogP contribution in [0.1, 0.15) is 30.4 Å². The second-order valence-corrected chi connectivity index (χ2v) is 5.98. The van der Waals surface area contributed by atoms with Gasteiger partial charge in [-0.2, -0.15) is 0 Å². The lowest BCUT2D eigenvalue weighted by molar-refractivity contribution is 0.444. The predicted octanol–water partition coefficient (Wildman–Crippen LogP) is 1.37. The highest BCUT2D eigenvalue weighted by atomic mass is 32.2. The zero-order valence-corrected chi connectivity index (χ0v) is 9.03. The van der Waals surface area contributed by atoms with Crippen molar-refractivity contribution in [3.63, 3.8) is 0 Å². The summed E-state index contributed by atoms with van der Waals surface area (Å²) in [7, 11) is -3.09. The van der Waals surface area contributed by atoms with E-state index in [1.807, 2.05) is 0 Å². The molecule has 1 saturated heterocycles. The molecule has 0 amide bonds. The van der Waals surface area contributed by atoms with E-state index >= 15 is 0 Å². The molecule has 0 aliphatic carbocycles. The zero-order valence-electron chi connectivity index (χ0n) is 7.39. The minimum absolute atomic E-state index is 0.126. The van der Waals surface area contributed by atoms with E-state index in [1.165, 1.54) is 0 Å². The Morgan fingerprint density at radius 2 is 2.29 bits per heavy atom. The van der Waals surface area contributed by atoms with E-state index in [-0.39, 0.29) is 16.5 Å². The number of hydrogen-bond acceptors (Lipinski definition) is 5. The molecule has 2 rings (SSSR count). The van der Waals surface area contributed by atoms with E-state index in [1.54, 1.807) is 0 Å². The highest BCUT2D eigenvalue weighted by Gasteiger charge is 2.33. The molecule has 1 aromatic heterocycles. The molecule has 14 heavy (non-hydrogen) atoms. The summed E-state index contributed by atoms with van der Waals surface area (Å²) in [5.74, 6) is 0.419. The van der Waals surface area contributed by atoms with Gasteiger partial charge in [0.2, 0.25) is 5.89 Å². The van der Waals surface area contributed by atoms with Gasteiger partial charge in [0.25, 0.3) is 4.84 Å². The molecular formula is C7H10N2O3S2. The fraction of sp³-hybridized carbons (Fsp3) is 0.714. The predicted molar refractivity (Wildman–Crippen MR) is 52.1 cm³/mol. The second kappa shape index (κ2) is 3.47. The molecule has 1 aliphatic rings. The topological polar surface area (TPSA) is 76.0 Å². The third-order valence-corrected chi connectivity index (χ3v) is 4.65. The van der Waals surface area contributed by atoms with Gasteiger partial charge in [-0.05, 0) is 25.1 Å². The number of nitrogens with zero attached hydrogens (tertiary/aromatic N) is 1. The first kappa shape index (κ1) is 9.85. The van der Waals surface area contributed by atoms with Crippen molar-refractivity contribution in [1.82, 2.24) is 10.2 Å². The van der Waals surface area contributed by atoms with Crippen molar-refractivity contribution in [3.05, 3.63) is 10.7 Å². The normalized spacial score (nSPS) is 26.1. The van der Waals surface area contributed by atoms with Crippen LogP contribution in [0.25, 0.3) is 0 Å². The Balaban J connectivity index is 2.38. The highest BCUT2D eigenvalue weighted by Crippen LogP contribution is 2.31. The number of H-pyrrole nitrogens is 1. The van der Waals surface area contributed by atoms with Crippen LogP contribution >= 0.6 is 12.2 Å². The summed E-state index contributed by atoms with van der Waals surface area (Å²) in [5.41, 5.74) is 0. The molecule has 7 heteroatoms. The lowest BCUT2D eigenvalue weighted by Crippen LogP contribution is -2.21. The van der Waals surface area contributed by atoms with Crippen molar-refractivity contribution in [3.8, 4) is 0 Å². The zero-order chi connectivity index (χ0) is 10.2. The smallest absolute Gasteiger partial charge is 0.284 e. The lowest BCUT2D eigenvalue weighted by atomic mass is 10.2. The maximum atomic E-state index is 11.6. The Bertz CT molecular complexity index is 473. The highest BCUT2D eigenvalue weighted by molar-refractivity contribution is 7.91. The molecule has 1 N–H and O–H groups in total. The van der Waals surface area contributed by atoms with Gasteiger partial charge in [0, 0.05) is 0 Å². The van der Waals surface area contributed by atoms with Crippen LogP contribution in [0.2, 0.25) is 0 Å². The monoisotopic (exact) mass is 234 g/mol. The Morgan fingerprint density at radius 3 is 2.86 bits per heavy atom. The van der Waals surface area contributed by atoms with Crippen molar-refractivity contribution < 1.29 is 12.8 Å². The van der Waals surface area contributed by atoms with Gasteiger partial charge in [0.1, 0.15) is 5.25 Å². The van der Waals surface area contributed by atoms with Crippen molar-refractivity contribution in [2.24, 2.45) is 0 Å². The summed E-state index contributed by atoms with van der Waals surface area (Å²) in [6, 6.07) is 0. The van der Waals surface area contributed by atoms with Crippen LogP contribution < -0.4 is 0 Å². The molecule has 0 aromatic carbocycles. The fourth-order valence-electron chi connectivity index (χ4n) is 1.61. The van der Waals surface area contributed by atoms with E-state index < -0.39 is 15.1 Å². The Labute approximate surface area is 86.4 Å². The average molecular weight is 234 g/mol. The summed E-state index contributed by atoms with van der Waals surface area (Å²) in [5, 5.41) is 5.59. The van der Waals surface area contributed by atoms with E-state index in [9.17, 15) is 8.42 Å². The minimum Gasteiger partial charge on any atom is -0.413 e. The first-order valence-electron chi connectivity index (χ1n) is 4.36. The molecule has 5 nitrogen and oxygen atoms in total. The van der Waals surface area contributed by atoms with Crippen LogP contribution in [-0.2, 0) is 9.84 Å². The fourth-order valence-corrected chi connectivity index (χ4v) is 3.57. The van der Waals surface area contributed by atoms with Crippen LogP contribution in [0.3, 0.4) is 0 Å². The van der Waals surface area contributed by atoms with Gasteiger partial charge in [0.15, 0.2) is 9.84 Å². The van der Waals surface area contributed by atoms with Gasteiger partial charge < -0.3 is 4.42 Å². The molecule has 1 aliphatic heterocycles. The summed E-state index contributed by atoms with van der Waals surface area (Å²) in [4.78, 5) is 0.126. The first-order valence-corrected chi connectivity index (χ1v) is 6.49. The number of rotatable bonds is 1. The Morgan fingerprint density at radius 1 is 1.50 bits per heavy atom.